The van der Waals surface area contributed by atoms with Gasteiger partial charge in [0.25, 0.3) is 0 Å². The maximum Gasteiger partial charge on any atom is 0.0464 e. The van der Waals surface area contributed by atoms with Gasteiger partial charge in [-0.15, -0.1) is 0 Å². The van der Waals surface area contributed by atoms with Crippen molar-refractivity contribution in [2.24, 2.45) is 0 Å². The summed E-state index contributed by atoms with van der Waals surface area (Å²) < 4.78 is 0. The maximum atomic E-state index is 2.42. The molecule has 0 bridgehead atoms. The Morgan fingerprint density at radius 2 is 0.836 bits per heavy atom. The largest absolute Gasteiger partial charge is 0.311 e. The van der Waals surface area contributed by atoms with Crippen molar-refractivity contribution in [3.63, 3.8) is 0 Å². The van der Waals surface area contributed by atoms with E-state index in [4.69, 9.17) is 0 Å². The van der Waals surface area contributed by atoms with E-state index in [1.807, 2.05) is 0 Å². The third-order valence-corrected chi connectivity index (χ3v) is 13.6. The molecular weight excluding hydrogens is 737 g/mol. The van der Waals surface area contributed by atoms with Crippen LogP contribution in [-0.4, -0.2) is 0 Å². The van der Waals surface area contributed by atoms with Crippen LogP contribution in [0.1, 0.15) is 79.0 Å². The lowest BCUT2D eigenvalue weighted by molar-refractivity contribution is 0.660. The molecule has 0 fully saturated rings. The van der Waals surface area contributed by atoms with Gasteiger partial charge in [0.1, 0.15) is 0 Å². The number of hydrogen-bond acceptors (Lipinski definition) is 2. The molecule has 0 heterocycles. The van der Waals surface area contributed by atoms with E-state index < -0.39 is 0 Å². The summed E-state index contributed by atoms with van der Waals surface area (Å²) in [4.78, 5) is 4.77. The number of nitrogens with zero attached hydrogens (tertiary/aromatic N) is 2. The molecule has 0 radical (unpaired) electrons. The maximum absolute atomic E-state index is 2.42. The molecule has 300 valence electrons. The fraction of sp³-hybridized carbons (Fsp3) is 0.186. The molecule has 10 rings (SSSR count). The molecule has 0 aromatic heterocycles. The molecule has 0 amide bonds. The van der Waals surface area contributed by atoms with Gasteiger partial charge in [-0.1, -0.05) is 136 Å². The van der Waals surface area contributed by atoms with E-state index >= 15 is 0 Å². The number of fused-ring (bicyclic) bond motifs is 4. The Hall–Kier alpha value is -6.64. The summed E-state index contributed by atoms with van der Waals surface area (Å²) in [5.74, 6) is 0.523. The summed E-state index contributed by atoms with van der Waals surface area (Å²) in [6.07, 6.45) is 3.47. The molecule has 0 saturated heterocycles. The Bertz CT molecular complexity index is 2860. The topological polar surface area (TPSA) is 6.48 Å². The lowest BCUT2D eigenvalue weighted by Gasteiger charge is -2.28. The zero-order valence-corrected chi connectivity index (χ0v) is 36.3. The Morgan fingerprint density at radius 3 is 1.34 bits per heavy atom. The van der Waals surface area contributed by atoms with E-state index in [9.17, 15) is 0 Å². The molecule has 2 aliphatic carbocycles. The Balaban J connectivity index is 0.955. The first-order valence-corrected chi connectivity index (χ1v) is 22.1. The molecule has 0 saturated carbocycles. The van der Waals surface area contributed by atoms with Crippen molar-refractivity contribution in [3.8, 4) is 33.4 Å². The van der Waals surface area contributed by atoms with Crippen LogP contribution in [0.25, 0.3) is 33.4 Å². The van der Waals surface area contributed by atoms with Crippen LogP contribution < -0.4 is 9.80 Å². The standard InChI is InChI=1S/C59H54N2/c1-7-41(4)42-13-25-50(26-14-42)60(52-31-19-46(20-32-52)48-22-35-56-55-34-10-40(3)36-57(55)59(5,6)58(56)38-48)51-27-15-43(16-28-51)44-17-29-53(30-18-44)61(49-23-8-39(2)9-24-49)54-33-21-45-11-12-47(45)37-54/h8-10,13-38,41H,7,11-12H2,1-6H3. The average Bonchev–Trinajstić information content (AvgIpc) is 3.50. The third kappa shape index (κ3) is 7.04. The van der Waals surface area contributed by atoms with E-state index in [2.05, 4.69) is 227 Å². The average molecular weight is 791 g/mol. The van der Waals surface area contributed by atoms with E-state index in [1.165, 1.54) is 90.1 Å². The molecule has 8 aromatic carbocycles. The van der Waals surface area contributed by atoms with E-state index in [1.54, 1.807) is 0 Å². The van der Waals surface area contributed by atoms with Crippen LogP contribution in [-0.2, 0) is 18.3 Å². The lowest BCUT2D eigenvalue weighted by atomic mass is 9.81. The second-order valence-electron chi connectivity index (χ2n) is 17.9. The highest BCUT2D eigenvalue weighted by Crippen LogP contribution is 2.50. The molecule has 1 atom stereocenters. The van der Waals surface area contributed by atoms with Gasteiger partial charge in [-0.25, -0.2) is 0 Å². The Morgan fingerprint density at radius 1 is 0.426 bits per heavy atom. The van der Waals surface area contributed by atoms with Gasteiger partial charge in [0.15, 0.2) is 0 Å². The Kier molecular flexibility index (Phi) is 9.75. The summed E-state index contributed by atoms with van der Waals surface area (Å²) in [7, 11) is 0. The number of benzene rings is 8. The van der Waals surface area contributed by atoms with Crippen LogP contribution in [0.15, 0.2) is 176 Å². The summed E-state index contributed by atoms with van der Waals surface area (Å²) in [6.45, 7) is 13.6. The van der Waals surface area contributed by atoms with Crippen molar-refractivity contribution in [2.75, 3.05) is 9.80 Å². The molecule has 1 unspecified atom stereocenters. The predicted octanol–water partition coefficient (Wildman–Crippen LogP) is 16.5. The van der Waals surface area contributed by atoms with Crippen LogP contribution in [0, 0.1) is 13.8 Å². The van der Waals surface area contributed by atoms with Gasteiger partial charge in [-0.2, -0.15) is 0 Å². The normalized spacial score (nSPS) is 13.7. The first kappa shape index (κ1) is 38.6. The smallest absolute Gasteiger partial charge is 0.0464 e. The highest BCUT2D eigenvalue weighted by atomic mass is 15.1. The lowest BCUT2D eigenvalue weighted by Crippen LogP contribution is -2.15. The molecule has 0 spiro atoms. The van der Waals surface area contributed by atoms with Gasteiger partial charge in [0.05, 0.1) is 0 Å². The molecule has 2 nitrogen and oxygen atoms in total. The van der Waals surface area contributed by atoms with E-state index in [0.717, 1.165) is 35.6 Å². The highest BCUT2D eigenvalue weighted by Gasteiger charge is 2.35. The summed E-state index contributed by atoms with van der Waals surface area (Å²) >= 11 is 0. The van der Waals surface area contributed by atoms with Gasteiger partial charge < -0.3 is 9.80 Å². The molecule has 8 aromatic rings. The van der Waals surface area contributed by atoms with E-state index in [0.29, 0.717) is 5.92 Å². The number of hydrogen-bond donors (Lipinski definition) is 0. The van der Waals surface area contributed by atoms with Gasteiger partial charge in [0.2, 0.25) is 0 Å². The van der Waals surface area contributed by atoms with Gasteiger partial charge in [0, 0.05) is 39.5 Å². The number of aryl methyl sites for hydroxylation is 4. The van der Waals surface area contributed by atoms with Gasteiger partial charge >= 0.3 is 0 Å². The van der Waals surface area contributed by atoms with E-state index in [-0.39, 0.29) is 5.41 Å². The van der Waals surface area contributed by atoms with Crippen molar-refractivity contribution in [2.45, 2.75) is 72.1 Å². The van der Waals surface area contributed by atoms with Gasteiger partial charge in [-0.3, -0.25) is 0 Å². The summed E-state index contributed by atoms with van der Waals surface area (Å²) in [6, 6.07) is 66.1. The second kappa shape index (κ2) is 15.4. The van der Waals surface area contributed by atoms with Crippen LogP contribution >= 0.6 is 0 Å². The molecule has 0 aliphatic heterocycles. The van der Waals surface area contributed by atoms with Crippen molar-refractivity contribution >= 4 is 34.1 Å². The predicted molar refractivity (Wildman–Crippen MR) is 260 cm³/mol. The van der Waals surface area contributed by atoms with Crippen LogP contribution in [0.5, 0.6) is 0 Å². The number of rotatable bonds is 10. The zero-order chi connectivity index (χ0) is 41.8. The minimum atomic E-state index is -0.0382. The fourth-order valence-electron chi connectivity index (χ4n) is 9.54. The molecule has 0 N–H and O–H groups in total. The minimum Gasteiger partial charge on any atom is -0.311 e. The van der Waals surface area contributed by atoms with Crippen molar-refractivity contribution < 1.29 is 0 Å². The first-order chi connectivity index (χ1) is 29.6. The first-order valence-electron chi connectivity index (χ1n) is 22.1. The highest BCUT2D eigenvalue weighted by molar-refractivity contribution is 5.85. The zero-order valence-electron chi connectivity index (χ0n) is 36.3. The second-order valence-corrected chi connectivity index (χ2v) is 17.9. The SMILES string of the molecule is CCC(C)c1ccc(N(c2ccc(-c3ccc(N(c4ccc(C)cc4)c4ccc5c(c4)CC5)cc3)cc2)c2ccc(-c3ccc4c(c3)C(C)(C)c3cc(C)ccc3-4)cc2)cc1. The van der Waals surface area contributed by atoms with Crippen LogP contribution in [0.3, 0.4) is 0 Å². The molecular formula is C59H54N2. The van der Waals surface area contributed by atoms with Crippen LogP contribution in [0.4, 0.5) is 34.1 Å². The monoisotopic (exact) mass is 790 g/mol. The number of anilines is 6. The molecule has 2 heteroatoms. The summed E-state index contributed by atoms with van der Waals surface area (Å²) in [5, 5.41) is 0. The quantitative estimate of drug-likeness (QED) is 0.136. The fourth-order valence-corrected chi connectivity index (χ4v) is 9.54. The minimum absolute atomic E-state index is 0.0382. The summed E-state index contributed by atoms with van der Waals surface area (Å²) in [5.41, 5.74) is 24.2. The molecule has 61 heavy (non-hydrogen) atoms. The third-order valence-electron chi connectivity index (χ3n) is 13.6. The van der Waals surface area contributed by atoms with Gasteiger partial charge in [-0.05, 0) is 179 Å². The van der Waals surface area contributed by atoms with Crippen molar-refractivity contribution in [1.29, 1.82) is 0 Å². The van der Waals surface area contributed by atoms with Crippen molar-refractivity contribution in [1.82, 2.24) is 0 Å². The van der Waals surface area contributed by atoms with Crippen LogP contribution in [0.2, 0.25) is 0 Å². The molecule has 2 aliphatic rings. The Labute approximate surface area is 362 Å². The van der Waals surface area contributed by atoms with Crippen molar-refractivity contribution in [3.05, 3.63) is 215 Å².